The Morgan fingerprint density at radius 2 is 1.57 bits per heavy atom. The number of phenols is 1. The fourth-order valence-corrected chi connectivity index (χ4v) is 1.23. The minimum atomic E-state index is -0.833. The first-order valence-corrected chi connectivity index (χ1v) is 5.07. The number of carbonyl (C=O) groups is 1. The highest BCUT2D eigenvalue weighted by atomic mass is 127. The summed E-state index contributed by atoms with van der Waals surface area (Å²) >= 11 is 2.27. The zero-order valence-electron chi connectivity index (χ0n) is 8.34. The predicted octanol–water partition coefficient (Wildman–Crippen LogP) is 2.70. The lowest BCUT2D eigenvalue weighted by atomic mass is 10.1. The second kappa shape index (κ2) is 5.85. The molecule has 0 aromatic heterocycles. The fraction of sp³-hybridized carbons (Fsp3) is 0.300. The summed E-state index contributed by atoms with van der Waals surface area (Å²) in [5.41, 5.74) is 2.27. The van der Waals surface area contributed by atoms with Crippen LogP contribution in [0.25, 0.3) is 0 Å². The number of hydrogen-bond donors (Lipinski definition) is 2. The van der Waals surface area contributed by atoms with Gasteiger partial charge in [0.2, 0.25) is 0 Å². The lowest BCUT2D eigenvalue weighted by Gasteiger charge is -2.02. The number of carboxylic acid groups (broad SMARTS) is 1. The van der Waals surface area contributed by atoms with Gasteiger partial charge in [0.05, 0.1) is 0 Å². The third-order valence-corrected chi connectivity index (χ3v) is 3.12. The van der Waals surface area contributed by atoms with Crippen molar-refractivity contribution in [3.63, 3.8) is 0 Å². The summed E-state index contributed by atoms with van der Waals surface area (Å²) in [6.07, 6.45) is 0. The highest BCUT2D eigenvalue weighted by Crippen LogP contribution is 2.21. The van der Waals surface area contributed by atoms with E-state index < -0.39 is 5.97 Å². The van der Waals surface area contributed by atoms with Crippen molar-refractivity contribution >= 4 is 28.6 Å². The molecule has 1 aromatic rings. The Morgan fingerprint density at radius 1 is 1.29 bits per heavy atom. The van der Waals surface area contributed by atoms with E-state index >= 15 is 0 Å². The summed E-state index contributed by atoms with van der Waals surface area (Å²) in [6, 6.07) is 3.55. The van der Waals surface area contributed by atoms with Crippen molar-refractivity contribution < 1.29 is 15.0 Å². The van der Waals surface area contributed by atoms with Crippen molar-refractivity contribution in [1.82, 2.24) is 0 Å². The highest BCUT2D eigenvalue weighted by molar-refractivity contribution is 14.1. The van der Waals surface area contributed by atoms with Crippen LogP contribution in [-0.2, 0) is 4.79 Å². The van der Waals surface area contributed by atoms with E-state index in [0.717, 1.165) is 18.1 Å². The van der Waals surface area contributed by atoms with Gasteiger partial charge in [-0.25, -0.2) is 0 Å². The number of hydrogen-bond acceptors (Lipinski definition) is 2. The Labute approximate surface area is 96.9 Å². The molecule has 2 N–H and O–H groups in total. The lowest BCUT2D eigenvalue weighted by Crippen LogP contribution is -1.83. The van der Waals surface area contributed by atoms with Crippen molar-refractivity contribution in [3.8, 4) is 5.75 Å². The highest BCUT2D eigenvalue weighted by Gasteiger charge is 1.99. The Bertz CT molecular complexity index is 307. The summed E-state index contributed by atoms with van der Waals surface area (Å²) < 4.78 is 1.23. The maximum absolute atomic E-state index is 9.12. The number of halogens is 1. The average Bonchev–Trinajstić information content (AvgIpc) is 1.98. The summed E-state index contributed by atoms with van der Waals surface area (Å²) in [7, 11) is 0. The number of phenolic OH excluding ortho intramolecular Hbond substituents is 1. The molecule has 0 spiro atoms. The molecule has 0 amide bonds. The quantitative estimate of drug-likeness (QED) is 0.725. The molecule has 78 valence electrons. The molecule has 14 heavy (non-hydrogen) atoms. The van der Waals surface area contributed by atoms with Crippen LogP contribution in [0.15, 0.2) is 12.1 Å². The molecule has 0 radical (unpaired) electrons. The number of aromatic hydroxyl groups is 1. The van der Waals surface area contributed by atoms with E-state index in [9.17, 15) is 0 Å². The Balaban J connectivity index is 0.000000364. The zero-order chi connectivity index (χ0) is 11.3. The molecule has 0 saturated carbocycles. The van der Waals surface area contributed by atoms with Crippen LogP contribution in [-0.4, -0.2) is 16.2 Å². The summed E-state index contributed by atoms with van der Waals surface area (Å²) in [4.78, 5) is 9.00. The number of rotatable bonds is 0. The SMILES string of the molecule is CC(=O)O.Cc1cc(O)cc(C)c1I. The average molecular weight is 308 g/mol. The minimum Gasteiger partial charge on any atom is -0.508 e. The zero-order valence-corrected chi connectivity index (χ0v) is 10.5. The Kier molecular flexibility index (Phi) is 5.52. The van der Waals surface area contributed by atoms with Crippen LogP contribution in [0.3, 0.4) is 0 Å². The van der Waals surface area contributed by atoms with Crippen LogP contribution < -0.4 is 0 Å². The van der Waals surface area contributed by atoms with Gasteiger partial charge in [-0.1, -0.05) is 0 Å². The van der Waals surface area contributed by atoms with Gasteiger partial charge in [-0.3, -0.25) is 4.79 Å². The molecule has 0 fully saturated rings. The van der Waals surface area contributed by atoms with Crippen LogP contribution >= 0.6 is 22.6 Å². The maximum Gasteiger partial charge on any atom is 0.300 e. The van der Waals surface area contributed by atoms with E-state index in [1.807, 2.05) is 13.8 Å². The largest absolute Gasteiger partial charge is 0.508 e. The van der Waals surface area contributed by atoms with Gasteiger partial charge in [0.15, 0.2) is 0 Å². The first-order chi connectivity index (χ1) is 6.34. The topological polar surface area (TPSA) is 57.5 Å². The third kappa shape index (κ3) is 5.06. The molecule has 1 rings (SSSR count). The Morgan fingerprint density at radius 3 is 1.86 bits per heavy atom. The molecule has 1 aromatic carbocycles. The standard InChI is InChI=1S/C8H9IO.C2H4O2/c1-5-3-7(10)4-6(2)8(5)9;1-2(3)4/h3-4,10H,1-2H3;1H3,(H,3,4). The molecular weight excluding hydrogens is 295 g/mol. The van der Waals surface area contributed by atoms with E-state index in [4.69, 9.17) is 15.0 Å². The molecule has 0 atom stereocenters. The van der Waals surface area contributed by atoms with E-state index in [-0.39, 0.29) is 0 Å². The summed E-state index contributed by atoms with van der Waals surface area (Å²) in [5.74, 6) is -0.476. The molecule has 0 unspecified atom stereocenters. The van der Waals surface area contributed by atoms with Crippen LogP contribution in [0, 0.1) is 17.4 Å². The maximum atomic E-state index is 9.12. The van der Waals surface area contributed by atoms with Gasteiger partial charge in [-0.2, -0.15) is 0 Å². The fourth-order valence-electron chi connectivity index (χ4n) is 0.923. The molecule has 0 saturated heterocycles. The molecule has 3 nitrogen and oxygen atoms in total. The number of benzene rings is 1. The third-order valence-electron chi connectivity index (χ3n) is 1.42. The lowest BCUT2D eigenvalue weighted by molar-refractivity contribution is -0.134. The van der Waals surface area contributed by atoms with Crippen molar-refractivity contribution in [2.24, 2.45) is 0 Å². The molecule has 0 bridgehead atoms. The van der Waals surface area contributed by atoms with Crippen molar-refractivity contribution in [2.75, 3.05) is 0 Å². The van der Waals surface area contributed by atoms with Gasteiger partial charge in [0, 0.05) is 10.5 Å². The normalized spacial score (nSPS) is 8.86. The van der Waals surface area contributed by atoms with Crippen LogP contribution in [0.5, 0.6) is 5.75 Å². The van der Waals surface area contributed by atoms with Gasteiger partial charge in [0.25, 0.3) is 5.97 Å². The van der Waals surface area contributed by atoms with Crippen molar-refractivity contribution in [3.05, 3.63) is 26.8 Å². The van der Waals surface area contributed by atoms with Gasteiger partial charge in [0.1, 0.15) is 5.75 Å². The molecule has 0 heterocycles. The number of aryl methyl sites for hydroxylation is 2. The second-order valence-corrected chi connectivity index (χ2v) is 3.99. The van der Waals surface area contributed by atoms with Crippen LogP contribution in [0.1, 0.15) is 18.1 Å². The van der Waals surface area contributed by atoms with Crippen molar-refractivity contribution in [1.29, 1.82) is 0 Å². The first kappa shape index (κ1) is 13.2. The monoisotopic (exact) mass is 308 g/mol. The van der Waals surface area contributed by atoms with Crippen LogP contribution in [0.4, 0.5) is 0 Å². The van der Waals surface area contributed by atoms with E-state index in [0.29, 0.717) is 5.75 Å². The minimum absolute atomic E-state index is 0.357. The molecule has 4 heteroatoms. The van der Waals surface area contributed by atoms with Gasteiger partial charge >= 0.3 is 0 Å². The van der Waals surface area contributed by atoms with Gasteiger partial charge < -0.3 is 10.2 Å². The van der Waals surface area contributed by atoms with E-state index in [1.54, 1.807) is 12.1 Å². The van der Waals surface area contributed by atoms with E-state index in [1.165, 1.54) is 3.57 Å². The predicted molar refractivity (Wildman–Crippen MR) is 63.6 cm³/mol. The molecular formula is C10H13IO3. The smallest absolute Gasteiger partial charge is 0.300 e. The number of aliphatic carboxylic acids is 1. The van der Waals surface area contributed by atoms with Gasteiger partial charge in [-0.05, 0) is 59.7 Å². The first-order valence-electron chi connectivity index (χ1n) is 4.00. The Hall–Kier alpha value is -0.780. The second-order valence-electron chi connectivity index (χ2n) is 2.91. The molecule has 0 aliphatic rings. The summed E-state index contributed by atoms with van der Waals surface area (Å²) in [5, 5.41) is 16.5. The van der Waals surface area contributed by atoms with Crippen LogP contribution in [0.2, 0.25) is 0 Å². The molecule has 0 aliphatic carbocycles. The van der Waals surface area contributed by atoms with Gasteiger partial charge in [-0.15, -0.1) is 0 Å². The number of carboxylic acids is 1. The molecule has 0 aliphatic heterocycles. The summed E-state index contributed by atoms with van der Waals surface area (Å²) in [6.45, 7) is 5.07. The van der Waals surface area contributed by atoms with E-state index in [2.05, 4.69) is 22.6 Å². The van der Waals surface area contributed by atoms with Crippen molar-refractivity contribution in [2.45, 2.75) is 20.8 Å².